The fourth-order valence-electron chi connectivity index (χ4n) is 3.54. The van der Waals surface area contributed by atoms with Crippen LogP contribution in [-0.2, 0) is 6.61 Å². The number of carbonyl (C=O) groups excluding carboxylic acids is 1. The SMILES string of the molecule is C=CCOc1ccc(C(=O)N/N=C/c2ccc(OCc3cccc4ccccc34)cc2)cc1OC. The molecule has 35 heavy (non-hydrogen) atoms. The summed E-state index contributed by atoms with van der Waals surface area (Å²) in [5.74, 6) is 1.40. The molecule has 0 radical (unpaired) electrons. The highest BCUT2D eigenvalue weighted by atomic mass is 16.5. The van der Waals surface area contributed by atoms with Crippen molar-refractivity contribution in [2.45, 2.75) is 6.61 Å². The first-order valence-electron chi connectivity index (χ1n) is 11.1. The predicted octanol–water partition coefficient (Wildman–Crippen LogP) is 5.76. The molecule has 4 rings (SSSR count). The molecule has 0 fully saturated rings. The van der Waals surface area contributed by atoms with Gasteiger partial charge in [-0.1, -0.05) is 55.1 Å². The van der Waals surface area contributed by atoms with E-state index in [0.29, 0.717) is 30.3 Å². The smallest absolute Gasteiger partial charge is 0.271 e. The van der Waals surface area contributed by atoms with E-state index in [0.717, 1.165) is 16.9 Å². The monoisotopic (exact) mass is 466 g/mol. The van der Waals surface area contributed by atoms with Crippen molar-refractivity contribution in [2.24, 2.45) is 5.10 Å². The van der Waals surface area contributed by atoms with Gasteiger partial charge >= 0.3 is 0 Å². The van der Waals surface area contributed by atoms with Crippen molar-refractivity contribution in [1.29, 1.82) is 0 Å². The van der Waals surface area contributed by atoms with Crippen LogP contribution in [0.5, 0.6) is 17.2 Å². The fourth-order valence-corrected chi connectivity index (χ4v) is 3.54. The molecule has 0 aliphatic heterocycles. The van der Waals surface area contributed by atoms with Crippen molar-refractivity contribution in [1.82, 2.24) is 5.43 Å². The second-order valence-corrected chi connectivity index (χ2v) is 7.66. The summed E-state index contributed by atoms with van der Waals surface area (Å²) in [5.41, 5.74) is 4.89. The van der Waals surface area contributed by atoms with Gasteiger partial charge in [-0.05, 0) is 64.4 Å². The van der Waals surface area contributed by atoms with Crippen LogP contribution in [0.4, 0.5) is 0 Å². The van der Waals surface area contributed by atoms with Crippen molar-refractivity contribution in [3.63, 3.8) is 0 Å². The largest absolute Gasteiger partial charge is 0.493 e. The van der Waals surface area contributed by atoms with Gasteiger partial charge in [-0.3, -0.25) is 4.79 Å². The minimum Gasteiger partial charge on any atom is -0.493 e. The first-order chi connectivity index (χ1) is 17.2. The lowest BCUT2D eigenvalue weighted by molar-refractivity contribution is 0.0954. The summed E-state index contributed by atoms with van der Waals surface area (Å²) in [6.45, 7) is 4.44. The van der Waals surface area contributed by atoms with E-state index in [1.54, 1.807) is 30.5 Å². The molecule has 0 saturated carbocycles. The summed E-state index contributed by atoms with van der Waals surface area (Å²) >= 11 is 0. The Hall–Kier alpha value is -4.58. The summed E-state index contributed by atoms with van der Waals surface area (Å²) < 4.78 is 16.8. The molecule has 0 aliphatic rings. The van der Waals surface area contributed by atoms with Crippen molar-refractivity contribution in [2.75, 3.05) is 13.7 Å². The van der Waals surface area contributed by atoms with Crippen molar-refractivity contribution < 1.29 is 19.0 Å². The van der Waals surface area contributed by atoms with E-state index in [1.165, 1.54) is 17.9 Å². The zero-order valence-electron chi connectivity index (χ0n) is 19.4. The summed E-state index contributed by atoms with van der Waals surface area (Å²) in [4.78, 5) is 12.4. The Labute approximate surface area is 204 Å². The van der Waals surface area contributed by atoms with Gasteiger partial charge in [-0.2, -0.15) is 5.10 Å². The zero-order chi connectivity index (χ0) is 24.5. The standard InChI is InChI=1S/C29H26N2O4/c1-3-17-34-27-16-13-23(18-28(27)33-2)29(32)31-30-19-21-11-14-25(15-12-21)35-20-24-9-6-8-22-7-4-5-10-26(22)24/h3-16,18-19H,1,17,20H2,2H3,(H,31,32)/b30-19+. The van der Waals surface area contributed by atoms with Gasteiger partial charge in [0.1, 0.15) is 19.0 Å². The average Bonchev–Trinajstić information content (AvgIpc) is 2.91. The minimum absolute atomic E-state index is 0.346. The second kappa shape index (κ2) is 11.5. The van der Waals surface area contributed by atoms with Crippen LogP contribution in [0.25, 0.3) is 10.8 Å². The third kappa shape index (κ3) is 6.06. The Morgan fingerprint density at radius 2 is 1.74 bits per heavy atom. The van der Waals surface area contributed by atoms with Gasteiger partial charge in [-0.25, -0.2) is 5.43 Å². The number of nitrogens with zero attached hydrogens (tertiary/aromatic N) is 1. The number of methoxy groups -OCH3 is 1. The molecule has 0 unspecified atom stereocenters. The molecule has 0 bridgehead atoms. The van der Waals surface area contributed by atoms with E-state index < -0.39 is 0 Å². The van der Waals surface area contributed by atoms with Crippen LogP contribution in [0.2, 0.25) is 0 Å². The zero-order valence-corrected chi connectivity index (χ0v) is 19.4. The fraction of sp³-hybridized carbons (Fsp3) is 0.103. The van der Waals surface area contributed by atoms with E-state index in [2.05, 4.69) is 41.4 Å². The van der Waals surface area contributed by atoms with Crippen LogP contribution >= 0.6 is 0 Å². The van der Waals surface area contributed by atoms with E-state index >= 15 is 0 Å². The molecule has 176 valence electrons. The number of hydrazone groups is 1. The van der Waals surface area contributed by atoms with Gasteiger partial charge in [0.05, 0.1) is 13.3 Å². The molecular formula is C29H26N2O4. The van der Waals surface area contributed by atoms with Gasteiger partial charge in [0.25, 0.3) is 5.91 Å². The van der Waals surface area contributed by atoms with Crippen molar-refractivity contribution in [3.8, 4) is 17.2 Å². The molecule has 4 aromatic rings. The molecule has 0 aliphatic carbocycles. The van der Waals surface area contributed by atoms with Crippen LogP contribution in [-0.4, -0.2) is 25.8 Å². The average molecular weight is 467 g/mol. The van der Waals surface area contributed by atoms with Crippen molar-refractivity contribution in [3.05, 3.63) is 114 Å². The molecule has 0 aromatic heterocycles. The second-order valence-electron chi connectivity index (χ2n) is 7.66. The summed E-state index contributed by atoms with van der Waals surface area (Å²) in [5, 5.41) is 6.43. The topological polar surface area (TPSA) is 69.2 Å². The van der Waals surface area contributed by atoms with Gasteiger partial charge in [0.2, 0.25) is 0 Å². The molecule has 0 heterocycles. The van der Waals surface area contributed by atoms with Crippen LogP contribution < -0.4 is 19.6 Å². The third-order valence-electron chi connectivity index (χ3n) is 5.32. The molecule has 0 spiro atoms. The Balaban J connectivity index is 1.33. The molecule has 0 atom stereocenters. The highest BCUT2D eigenvalue weighted by Crippen LogP contribution is 2.28. The normalized spacial score (nSPS) is 10.8. The van der Waals surface area contributed by atoms with Crippen LogP contribution in [0.1, 0.15) is 21.5 Å². The van der Waals surface area contributed by atoms with Gasteiger partial charge in [-0.15, -0.1) is 0 Å². The Kier molecular flexibility index (Phi) is 7.76. The molecule has 1 N–H and O–H groups in total. The van der Waals surface area contributed by atoms with E-state index in [9.17, 15) is 4.79 Å². The quantitative estimate of drug-likeness (QED) is 0.183. The number of nitrogens with one attached hydrogen (secondary N) is 1. The van der Waals surface area contributed by atoms with Crippen molar-refractivity contribution >= 4 is 22.9 Å². The number of amides is 1. The number of carbonyl (C=O) groups is 1. The molecule has 1 amide bonds. The van der Waals surface area contributed by atoms with Gasteiger partial charge < -0.3 is 14.2 Å². The summed E-state index contributed by atoms with van der Waals surface area (Å²) in [6, 6.07) is 26.9. The first kappa shape index (κ1) is 23.6. The Bertz CT molecular complexity index is 1340. The maximum atomic E-state index is 12.4. The number of rotatable bonds is 10. The number of hydrogen-bond donors (Lipinski definition) is 1. The van der Waals surface area contributed by atoms with Gasteiger partial charge in [0, 0.05) is 5.56 Å². The van der Waals surface area contributed by atoms with Crippen LogP contribution in [0.15, 0.2) is 103 Å². The number of hydrogen-bond acceptors (Lipinski definition) is 5. The number of fused-ring (bicyclic) bond motifs is 1. The Morgan fingerprint density at radius 1 is 0.943 bits per heavy atom. The molecule has 6 nitrogen and oxygen atoms in total. The maximum absolute atomic E-state index is 12.4. The van der Waals surface area contributed by atoms with E-state index in [-0.39, 0.29) is 5.91 Å². The number of ether oxygens (including phenoxy) is 3. The minimum atomic E-state index is -0.357. The predicted molar refractivity (Wildman–Crippen MR) is 138 cm³/mol. The molecule has 0 saturated heterocycles. The Morgan fingerprint density at radius 3 is 2.54 bits per heavy atom. The third-order valence-corrected chi connectivity index (χ3v) is 5.32. The molecular weight excluding hydrogens is 440 g/mol. The maximum Gasteiger partial charge on any atom is 0.271 e. The lowest BCUT2D eigenvalue weighted by atomic mass is 10.1. The summed E-state index contributed by atoms with van der Waals surface area (Å²) in [6.07, 6.45) is 3.21. The van der Waals surface area contributed by atoms with Gasteiger partial charge in [0.15, 0.2) is 11.5 Å². The summed E-state index contributed by atoms with van der Waals surface area (Å²) in [7, 11) is 1.52. The molecule has 4 aromatic carbocycles. The van der Waals surface area contributed by atoms with Crippen LogP contribution in [0, 0.1) is 0 Å². The first-order valence-corrected chi connectivity index (χ1v) is 11.1. The molecule has 6 heteroatoms. The lowest BCUT2D eigenvalue weighted by Gasteiger charge is -2.10. The number of benzene rings is 4. The van der Waals surface area contributed by atoms with E-state index in [1.807, 2.05) is 42.5 Å². The highest BCUT2D eigenvalue weighted by Gasteiger charge is 2.10. The van der Waals surface area contributed by atoms with E-state index in [4.69, 9.17) is 14.2 Å². The highest BCUT2D eigenvalue weighted by molar-refractivity contribution is 5.95. The van der Waals surface area contributed by atoms with Crippen LogP contribution in [0.3, 0.4) is 0 Å². The lowest BCUT2D eigenvalue weighted by Crippen LogP contribution is -2.17.